The molecule has 0 aromatic heterocycles. The van der Waals surface area contributed by atoms with E-state index in [1.165, 1.54) is 6.07 Å². The van der Waals surface area contributed by atoms with E-state index in [1.54, 1.807) is 30.0 Å². The molecule has 1 aromatic rings. The first-order valence-corrected chi connectivity index (χ1v) is 8.98. The smallest absolute Gasteiger partial charge is 0.255 e. The minimum atomic E-state index is -3.39. The van der Waals surface area contributed by atoms with Crippen LogP contribution < -0.4 is 0 Å². The van der Waals surface area contributed by atoms with Gasteiger partial charge in [0.1, 0.15) is 0 Å². The first kappa shape index (κ1) is 16.0. The predicted octanol–water partition coefficient (Wildman–Crippen LogP) is 1.26. The highest BCUT2D eigenvalue weighted by Gasteiger charge is 2.26. The normalized spacial score (nSPS) is 17.0. The highest BCUT2D eigenvalue weighted by Crippen LogP contribution is 2.19. The highest BCUT2D eigenvalue weighted by molar-refractivity contribution is 7.91. The van der Waals surface area contributed by atoms with Crippen LogP contribution in [0.4, 0.5) is 0 Å². The molecule has 1 aliphatic heterocycles. The number of piperazine rings is 1. The van der Waals surface area contributed by atoms with Gasteiger partial charge in [0.2, 0.25) is 0 Å². The van der Waals surface area contributed by atoms with E-state index in [0.29, 0.717) is 18.7 Å². The first-order chi connectivity index (χ1) is 9.99. The van der Waals surface area contributed by atoms with Crippen LogP contribution in [-0.4, -0.2) is 62.6 Å². The molecule has 0 atom stereocenters. The molecule has 1 heterocycles. The van der Waals surface area contributed by atoms with Gasteiger partial charge in [-0.1, -0.05) is 26.0 Å². The summed E-state index contributed by atoms with van der Waals surface area (Å²) in [7, 11) is -3.39. The summed E-state index contributed by atoms with van der Waals surface area (Å²) in [6.45, 7) is 7.64. The fraction of sp³-hybridized carbons (Fsp3) is 0.533. The maximum atomic E-state index is 12.6. The second kappa shape index (κ2) is 6.58. The Morgan fingerprint density at radius 3 is 2.29 bits per heavy atom. The molecule has 1 aliphatic rings. The van der Waals surface area contributed by atoms with Crippen LogP contribution in [0.2, 0.25) is 0 Å². The molecule has 0 unspecified atom stereocenters. The second-order valence-electron chi connectivity index (χ2n) is 5.13. The number of benzene rings is 1. The van der Waals surface area contributed by atoms with Crippen molar-refractivity contribution < 1.29 is 13.2 Å². The average molecular weight is 310 g/mol. The van der Waals surface area contributed by atoms with Crippen molar-refractivity contribution in [3.05, 3.63) is 29.8 Å². The lowest BCUT2D eigenvalue weighted by Crippen LogP contribution is -2.48. The number of hydrogen-bond acceptors (Lipinski definition) is 4. The van der Waals surface area contributed by atoms with E-state index in [9.17, 15) is 13.2 Å². The van der Waals surface area contributed by atoms with Gasteiger partial charge in [0.05, 0.1) is 16.2 Å². The van der Waals surface area contributed by atoms with E-state index < -0.39 is 9.84 Å². The zero-order chi connectivity index (χ0) is 15.5. The Bertz CT molecular complexity index is 605. The molecule has 116 valence electrons. The van der Waals surface area contributed by atoms with Gasteiger partial charge in [0, 0.05) is 26.2 Å². The molecular formula is C15H22N2O3S. The largest absolute Gasteiger partial charge is 0.336 e. The van der Waals surface area contributed by atoms with Crippen LogP contribution in [0.25, 0.3) is 0 Å². The number of carbonyl (C=O) groups excluding carboxylic acids is 1. The SMILES string of the molecule is CCN1CCN(C(=O)c2ccccc2S(=O)(=O)CC)CC1. The van der Waals surface area contributed by atoms with Crippen LogP contribution in [0.3, 0.4) is 0 Å². The standard InChI is InChI=1S/C15H22N2O3S/c1-3-16-9-11-17(12-10-16)15(18)13-7-5-6-8-14(13)21(19,20)4-2/h5-8H,3-4,9-12H2,1-2H3. The molecule has 6 heteroatoms. The van der Waals surface area contributed by atoms with Crippen LogP contribution >= 0.6 is 0 Å². The van der Waals surface area contributed by atoms with Gasteiger partial charge in [0.25, 0.3) is 5.91 Å². The molecule has 1 saturated heterocycles. The van der Waals surface area contributed by atoms with Gasteiger partial charge in [0.15, 0.2) is 9.84 Å². The Labute approximate surface area is 126 Å². The van der Waals surface area contributed by atoms with Crippen LogP contribution in [-0.2, 0) is 9.84 Å². The molecule has 2 rings (SSSR count). The van der Waals surface area contributed by atoms with Crippen molar-refractivity contribution in [3.63, 3.8) is 0 Å². The van der Waals surface area contributed by atoms with Crippen LogP contribution in [0, 0.1) is 0 Å². The lowest BCUT2D eigenvalue weighted by molar-refractivity contribution is 0.0639. The minimum Gasteiger partial charge on any atom is -0.336 e. The second-order valence-corrected chi connectivity index (χ2v) is 7.37. The molecule has 21 heavy (non-hydrogen) atoms. The molecule has 0 aliphatic carbocycles. The summed E-state index contributed by atoms with van der Waals surface area (Å²) in [5.41, 5.74) is 0.296. The van der Waals surface area contributed by atoms with Gasteiger partial charge >= 0.3 is 0 Å². The van der Waals surface area contributed by atoms with Crippen molar-refractivity contribution in [2.24, 2.45) is 0 Å². The summed E-state index contributed by atoms with van der Waals surface area (Å²) in [5.74, 6) is -0.181. The fourth-order valence-electron chi connectivity index (χ4n) is 2.51. The van der Waals surface area contributed by atoms with Crippen molar-refractivity contribution in [2.75, 3.05) is 38.5 Å². The third-order valence-electron chi connectivity index (χ3n) is 3.94. The molecule has 0 spiro atoms. The zero-order valence-electron chi connectivity index (χ0n) is 12.6. The predicted molar refractivity (Wildman–Crippen MR) is 82.2 cm³/mol. The summed E-state index contributed by atoms with van der Waals surface area (Å²) in [6, 6.07) is 6.50. The molecular weight excluding hydrogens is 288 g/mol. The number of likely N-dealkylation sites (N-methyl/N-ethyl adjacent to an activating group) is 1. The number of rotatable bonds is 4. The zero-order valence-corrected chi connectivity index (χ0v) is 13.4. The van der Waals surface area contributed by atoms with Crippen molar-refractivity contribution in [2.45, 2.75) is 18.7 Å². The molecule has 1 aromatic carbocycles. The molecule has 1 fully saturated rings. The van der Waals surface area contributed by atoms with Crippen LogP contribution in [0.1, 0.15) is 24.2 Å². The molecule has 1 amide bonds. The third kappa shape index (κ3) is 3.44. The summed E-state index contributed by atoms with van der Waals surface area (Å²) in [5, 5.41) is 0. The van der Waals surface area contributed by atoms with E-state index >= 15 is 0 Å². The number of sulfone groups is 1. The van der Waals surface area contributed by atoms with Crippen molar-refractivity contribution in [1.82, 2.24) is 9.80 Å². The Morgan fingerprint density at radius 2 is 1.71 bits per heavy atom. The van der Waals surface area contributed by atoms with Crippen molar-refractivity contribution in [3.8, 4) is 0 Å². The number of nitrogens with zero attached hydrogens (tertiary/aromatic N) is 2. The molecule has 0 N–H and O–H groups in total. The van der Waals surface area contributed by atoms with E-state index in [2.05, 4.69) is 11.8 Å². The van der Waals surface area contributed by atoms with Gasteiger partial charge < -0.3 is 9.80 Å². The van der Waals surface area contributed by atoms with Gasteiger partial charge in [-0.3, -0.25) is 4.79 Å². The van der Waals surface area contributed by atoms with Gasteiger partial charge in [-0.15, -0.1) is 0 Å². The molecule has 5 nitrogen and oxygen atoms in total. The van der Waals surface area contributed by atoms with E-state index in [-0.39, 0.29) is 16.6 Å². The maximum absolute atomic E-state index is 12.6. The fourth-order valence-corrected chi connectivity index (χ4v) is 3.59. The van der Waals surface area contributed by atoms with E-state index in [4.69, 9.17) is 0 Å². The Hall–Kier alpha value is -1.40. The van der Waals surface area contributed by atoms with E-state index in [1.807, 2.05) is 0 Å². The molecule has 0 radical (unpaired) electrons. The summed E-state index contributed by atoms with van der Waals surface area (Å²) in [4.78, 5) is 16.8. The average Bonchev–Trinajstić information content (AvgIpc) is 2.54. The summed E-state index contributed by atoms with van der Waals surface area (Å²) >= 11 is 0. The van der Waals surface area contributed by atoms with Crippen molar-refractivity contribution in [1.29, 1.82) is 0 Å². The molecule has 0 bridgehead atoms. The lowest BCUT2D eigenvalue weighted by Gasteiger charge is -2.34. The third-order valence-corrected chi connectivity index (χ3v) is 5.73. The highest BCUT2D eigenvalue weighted by atomic mass is 32.2. The number of amides is 1. The quantitative estimate of drug-likeness (QED) is 0.840. The minimum absolute atomic E-state index is 0.000899. The summed E-state index contributed by atoms with van der Waals surface area (Å²) < 4.78 is 24.3. The van der Waals surface area contributed by atoms with Crippen molar-refractivity contribution >= 4 is 15.7 Å². The van der Waals surface area contributed by atoms with Gasteiger partial charge in [-0.2, -0.15) is 0 Å². The lowest BCUT2D eigenvalue weighted by atomic mass is 10.2. The van der Waals surface area contributed by atoms with Crippen LogP contribution in [0.5, 0.6) is 0 Å². The molecule has 0 saturated carbocycles. The van der Waals surface area contributed by atoms with Gasteiger partial charge in [-0.25, -0.2) is 8.42 Å². The Balaban J connectivity index is 2.25. The van der Waals surface area contributed by atoms with Gasteiger partial charge in [-0.05, 0) is 18.7 Å². The van der Waals surface area contributed by atoms with Crippen LogP contribution in [0.15, 0.2) is 29.2 Å². The topological polar surface area (TPSA) is 57.7 Å². The summed E-state index contributed by atoms with van der Waals surface area (Å²) in [6.07, 6.45) is 0. The number of hydrogen-bond donors (Lipinski definition) is 0. The number of carbonyl (C=O) groups is 1. The monoisotopic (exact) mass is 310 g/mol. The Kier molecular flexibility index (Phi) is 5.00. The van der Waals surface area contributed by atoms with E-state index in [0.717, 1.165) is 19.6 Å². The maximum Gasteiger partial charge on any atom is 0.255 e. The first-order valence-electron chi connectivity index (χ1n) is 7.33. The Morgan fingerprint density at radius 1 is 1.10 bits per heavy atom.